The van der Waals surface area contributed by atoms with Crippen molar-refractivity contribution in [2.75, 3.05) is 0 Å². The maximum atomic E-state index is 13.1. The van der Waals surface area contributed by atoms with E-state index in [9.17, 15) is 20.5 Å². The molecule has 1 aliphatic rings. The predicted molar refractivity (Wildman–Crippen MR) is 113 cm³/mol. The fraction of sp³-hybridized carbons (Fsp3) is 0.0455. The quantitative estimate of drug-likeness (QED) is 0.291. The Balaban J connectivity index is 1.62. The number of nitrogens with zero attached hydrogens (tertiary/aromatic N) is 4. The summed E-state index contributed by atoms with van der Waals surface area (Å²) in [5, 5.41) is 39.1. The number of nitriles is 1. The molecule has 1 amide bonds. The molecule has 0 saturated heterocycles. The standard InChI is InChI=1S/C22H16N6O3/c23-13-20-21(16-4-2-1-3-5-16)28(31)18-7-6-15(12-19(18)27(20)30)14-25-26-22(29)17-8-10-24-11-9-17/h1-12,14,21,28H,(H,26,29)/b25-14+. The van der Waals surface area contributed by atoms with Gasteiger partial charge in [0, 0.05) is 41.2 Å². The van der Waals surface area contributed by atoms with Gasteiger partial charge in [-0.2, -0.15) is 10.4 Å². The fourth-order valence-electron chi connectivity index (χ4n) is 3.33. The zero-order chi connectivity index (χ0) is 21.8. The lowest BCUT2D eigenvalue weighted by Gasteiger charge is -2.33. The van der Waals surface area contributed by atoms with Crippen LogP contribution in [0.5, 0.6) is 0 Å². The topological polar surface area (TPSA) is 132 Å². The number of hydroxylamine groups is 1. The van der Waals surface area contributed by atoms with Crippen molar-refractivity contribution in [3.8, 4) is 6.07 Å². The van der Waals surface area contributed by atoms with E-state index in [0.717, 1.165) is 0 Å². The minimum absolute atomic E-state index is 0.0677. The van der Waals surface area contributed by atoms with Crippen LogP contribution >= 0.6 is 0 Å². The molecule has 0 radical (unpaired) electrons. The van der Waals surface area contributed by atoms with E-state index in [1.165, 1.54) is 30.7 Å². The van der Waals surface area contributed by atoms with Crippen LogP contribution in [0.15, 0.2) is 78.2 Å². The average molecular weight is 412 g/mol. The van der Waals surface area contributed by atoms with Crippen molar-refractivity contribution < 1.29 is 14.6 Å². The van der Waals surface area contributed by atoms with Crippen molar-refractivity contribution in [1.29, 1.82) is 5.26 Å². The summed E-state index contributed by atoms with van der Waals surface area (Å²) in [6, 6.07) is 17.4. The Labute approximate surface area is 177 Å². The first-order chi connectivity index (χ1) is 15.1. The molecule has 1 aliphatic heterocycles. The summed E-state index contributed by atoms with van der Waals surface area (Å²) in [6.07, 6.45) is 4.34. The van der Waals surface area contributed by atoms with Gasteiger partial charge in [-0.1, -0.05) is 30.3 Å². The average Bonchev–Trinajstić information content (AvgIpc) is 2.82. The van der Waals surface area contributed by atoms with Crippen molar-refractivity contribution in [1.82, 2.24) is 10.4 Å². The van der Waals surface area contributed by atoms with E-state index < -0.39 is 11.9 Å². The molecule has 2 heterocycles. The fourth-order valence-corrected chi connectivity index (χ4v) is 3.33. The highest BCUT2D eigenvalue weighted by Gasteiger charge is 2.40. The molecule has 0 spiro atoms. The number of rotatable bonds is 4. The van der Waals surface area contributed by atoms with Crippen LogP contribution in [0, 0.1) is 21.7 Å². The number of hydrogen-bond acceptors (Lipinski definition) is 6. The summed E-state index contributed by atoms with van der Waals surface area (Å²) >= 11 is 0. The zero-order valence-corrected chi connectivity index (χ0v) is 16.1. The number of quaternary nitrogens is 1. The highest BCUT2D eigenvalue weighted by molar-refractivity contribution is 6.00. The lowest BCUT2D eigenvalue weighted by Crippen LogP contribution is -3.04. The number of carbonyl (C=O) groups is 1. The van der Waals surface area contributed by atoms with Gasteiger partial charge >= 0.3 is 5.71 Å². The minimum Gasteiger partial charge on any atom is -0.628 e. The summed E-state index contributed by atoms with van der Waals surface area (Å²) in [5.41, 5.74) is 3.95. The molecule has 9 heteroatoms. The highest BCUT2D eigenvalue weighted by atomic mass is 16.5. The third kappa shape index (κ3) is 3.89. The van der Waals surface area contributed by atoms with Gasteiger partial charge in [0.05, 0.1) is 6.21 Å². The number of aromatic nitrogens is 1. The van der Waals surface area contributed by atoms with Gasteiger partial charge in [0.1, 0.15) is 0 Å². The summed E-state index contributed by atoms with van der Waals surface area (Å²) in [4.78, 5) is 15.9. The molecule has 1 aromatic heterocycles. The largest absolute Gasteiger partial charge is 0.628 e. The first kappa shape index (κ1) is 19.9. The van der Waals surface area contributed by atoms with Crippen LogP contribution in [0.1, 0.15) is 27.5 Å². The summed E-state index contributed by atoms with van der Waals surface area (Å²) < 4.78 is 0.487. The van der Waals surface area contributed by atoms with Crippen molar-refractivity contribution >= 4 is 29.2 Å². The number of hydrazone groups is 1. The van der Waals surface area contributed by atoms with E-state index >= 15 is 0 Å². The summed E-state index contributed by atoms with van der Waals surface area (Å²) in [6.45, 7) is 0. The Morgan fingerprint density at radius 2 is 1.94 bits per heavy atom. The van der Waals surface area contributed by atoms with E-state index in [4.69, 9.17) is 0 Å². The third-order valence-electron chi connectivity index (χ3n) is 4.83. The smallest absolute Gasteiger partial charge is 0.335 e. The van der Waals surface area contributed by atoms with Gasteiger partial charge < -0.3 is 15.5 Å². The van der Waals surface area contributed by atoms with Crippen LogP contribution in [-0.4, -0.2) is 27.6 Å². The molecule has 4 rings (SSSR count). The van der Waals surface area contributed by atoms with Gasteiger partial charge in [0.15, 0.2) is 6.07 Å². The third-order valence-corrected chi connectivity index (χ3v) is 4.83. The highest BCUT2D eigenvalue weighted by Crippen LogP contribution is 2.29. The van der Waals surface area contributed by atoms with Crippen molar-refractivity contribution in [2.45, 2.75) is 6.04 Å². The van der Waals surface area contributed by atoms with Crippen LogP contribution in [0.25, 0.3) is 0 Å². The van der Waals surface area contributed by atoms with Gasteiger partial charge in [-0.05, 0) is 18.2 Å². The second kappa shape index (κ2) is 8.54. The first-order valence-corrected chi connectivity index (χ1v) is 9.31. The number of amides is 1. The van der Waals surface area contributed by atoms with Crippen LogP contribution in [0.3, 0.4) is 0 Å². The van der Waals surface area contributed by atoms with Crippen molar-refractivity contribution in [2.24, 2.45) is 5.10 Å². The van der Waals surface area contributed by atoms with Gasteiger partial charge in [-0.25, -0.2) is 5.43 Å². The molecule has 2 atom stereocenters. The van der Waals surface area contributed by atoms with E-state index in [0.29, 0.717) is 21.4 Å². The second-order valence-corrected chi connectivity index (χ2v) is 6.71. The normalized spacial score (nSPS) is 17.8. The van der Waals surface area contributed by atoms with Crippen molar-refractivity contribution in [3.05, 3.63) is 100 Å². The number of hydrogen-bond donors (Lipinski definition) is 2. The first-order valence-electron chi connectivity index (χ1n) is 9.31. The Morgan fingerprint density at radius 3 is 2.65 bits per heavy atom. The van der Waals surface area contributed by atoms with E-state index in [1.807, 2.05) is 6.07 Å². The monoisotopic (exact) mass is 412 g/mol. The Hall–Kier alpha value is -4.39. The summed E-state index contributed by atoms with van der Waals surface area (Å²) in [7, 11) is 0. The number of nitrogens with one attached hydrogen (secondary N) is 2. The molecule has 9 nitrogen and oxygen atoms in total. The molecule has 0 fully saturated rings. The van der Waals surface area contributed by atoms with Crippen LogP contribution in [0.4, 0.5) is 11.4 Å². The van der Waals surface area contributed by atoms with Gasteiger partial charge in [0.2, 0.25) is 11.7 Å². The van der Waals surface area contributed by atoms with E-state index in [-0.39, 0.29) is 22.1 Å². The van der Waals surface area contributed by atoms with Crippen molar-refractivity contribution in [3.63, 3.8) is 0 Å². The van der Waals surface area contributed by atoms with Gasteiger partial charge in [-0.3, -0.25) is 9.78 Å². The molecule has 2 unspecified atom stereocenters. The molecule has 0 bridgehead atoms. The molecule has 0 saturated carbocycles. The van der Waals surface area contributed by atoms with Crippen LogP contribution in [-0.2, 0) is 0 Å². The number of benzene rings is 2. The Kier molecular flexibility index (Phi) is 5.49. The zero-order valence-electron chi connectivity index (χ0n) is 16.1. The summed E-state index contributed by atoms with van der Waals surface area (Å²) in [5.74, 6) is -0.414. The van der Waals surface area contributed by atoms with E-state index in [2.05, 4.69) is 15.5 Å². The van der Waals surface area contributed by atoms with Crippen LogP contribution in [0.2, 0.25) is 0 Å². The molecule has 3 aromatic rings. The lowest BCUT2D eigenvalue weighted by atomic mass is 9.99. The Bertz CT molecular complexity index is 1220. The molecule has 2 N–H and O–H groups in total. The lowest BCUT2D eigenvalue weighted by molar-refractivity contribution is -0.808. The molecule has 152 valence electrons. The van der Waals surface area contributed by atoms with Gasteiger partial charge in [0.25, 0.3) is 11.6 Å². The number of pyridine rings is 1. The van der Waals surface area contributed by atoms with Gasteiger partial charge in [-0.15, -0.1) is 4.74 Å². The van der Waals surface area contributed by atoms with Crippen LogP contribution < -0.4 is 10.5 Å². The minimum atomic E-state index is -0.949. The predicted octanol–water partition coefficient (Wildman–Crippen LogP) is 1.72. The maximum Gasteiger partial charge on any atom is 0.335 e. The molecule has 0 aliphatic carbocycles. The Morgan fingerprint density at radius 1 is 1.19 bits per heavy atom. The molecular weight excluding hydrogens is 396 g/mol. The number of fused-ring (bicyclic) bond motifs is 1. The number of carbonyl (C=O) groups excluding carboxylic acids is 1. The molecular formula is C22H16N6O3. The SMILES string of the molecule is N#CC1=[N+]([O-])c2cc(/C=N/NC(=O)c3ccncc3)ccc2[NH+]([O-])C1c1ccccc1. The maximum absolute atomic E-state index is 13.1. The second-order valence-electron chi connectivity index (χ2n) is 6.71. The van der Waals surface area contributed by atoms with E-state index in [1.54, 1.807) is 48.5 Å². The molecule has 2 aromatic carbocycles. The molecule has 31 heavy (non-hydrogen) atoms.